The van der Waals surface area contributed by atoms with Crippen LogP contribution in [0.2, 0.25) is 5.02 Å². The Balaban J connectivity index is 2.51. The maximum atomic E-state index is 11.7. The van der Waals surface area contributed by atoms with Gasteiger partial charge in [0.2, 0.25) is 5.91 Å². The van der Waals surface area contributed by atoms with Crippen LogP contribution < -0.4 is 15.4 Å². The average Bonchev–Trinajstić information content (AvgIpc) is 2.38. The quantitative estimate of drug-likeness (QED) is 0.890. The Bertz CT molecular complexity index is 476. The molecule has 0 radical (unpaired) electrons. The number of amides is 1. The van der Waals surface area contributed by atoms with E-state index in [4.69, 9.17) is 22.1 Å². The van der Waals surface area contributed by atoms with Crippen LogP contribution >= 0.6 is 11.6 Å². The summed E-state index contributed by atoms with van der Waals surface area (Å²) >= 11 is 6.32. The molecule has 98 valence electrons. The van der Waals surface area contributed by atoms with Gasteiger partial charge in [0.15, 0.2) is 0 Å². The summed E-state index contributed by atoms with van der Waals surface area (Å²) in [6.45, 7) is 2.75. The third-order valence-corrected chi connectivity index (χ3v) is 3.76. The Morgan fingerprint density at radius 3 is 2.89 bits per heavy atom. The van der Waals surface area contributed by atoms with E-state index in [1.54, 1.807) is 25.0 Å². The van der Waals surface area contributed by atoms with E-state index in [2.05, 4.69) is 0 Å². The maximum absolute atomic E-state index is 11.7. The molecule has 0 saturated carbocycles. The van der Waals surface area contributed by atoms with Crippen LogP contribution in [0, 0.1) is 5.92 Å². The van der Waals surface area contributed by atoms with Crippen molar-refractivity contribution in [2.75, 3.05) is 25.1 Å². The molecular weight excluding hydrogens is 252 g/mol. The fourth-order valence-corrected chi connectivity index (χ4v) is 2.67. The topological polar surface area (TPSA) is 55.6 Å². The van der Waals surface area contributed by atoms with Crippen molar-refractivity contribution in [2.24, 2.45) is 11.7 Å². The van der Waals surface area contributed by atoms with Crippen molar-refractivity contribution >= 4 is 23.2 Å². The van der Waals surface area contributed by atoms with Gasteiger partial charge >= 0.3 is 0 Å². The minimum absolute atomic E-state index is 0.00985. The summed E-state index contributed by atoms with van der Waals surface area (Å²) in [5.41, 5.74) is 7.56. The lowest BCUT2D eigenvalue weighted by molar-refractivity contribution is -0.116. The summed E-state index contributed by atoms with van der Waals surface area (Å²) in [5, 5.41) is 0.583. The largest absolute Gasteiger partial charge is 0.495 e. The number of hydrogen-bond donors (Lipinski definition) is 1. The summed E-state index contributed by atoms with van der Waals surface area (Å²) in [7, 11) is 1.58. The summed E-state index contributed by atoms with van der Waals surface area (Å²) in [6, 6.07) is 3.67. The minimum Gasteiger partial charge on any atom is -0.495 e. The Kier molecular flexibility index (Phi) is 3.78. The van der Waals surface area contributed by atoms with E-state index < -0.39 is 0 Å². The smallest absolute Gasteiger partial charge is 0.223 e. The second-order valence-electron chi connectivity index (χ2n) is 4.51. The number of ether oxygens (including phenoxy) is 1. The zero-order chi connectivity index (χ0) is 13.3. The summed E-state index contributed by atoms with van der Waals surface area (Å²) in [5.74, 6) is 0.887. The fraction of sp³-hybridized carbons (Fsp3) is 0.462. The number of carbonyl (C=O) groups excluding carboxylic acids is 1. The first kappa shape index (κ1) is 13.2. The van der Waals surface area contributed by atoms with E-state index in [0.29, 0.717) is 23.9 Å². The number of nitrogens with zero attached hydrogens (tertiary/aromatic N) is 1. The number of carbonyl (C=O) groups is 1. The van der Waals surface area contributed by atoms with Gasteiger partial charge in [-0.3, -0.25) is 4.79 Å². The zero-order valence-electron chi connectivity index (χ0n) is 10.6. The molecule has 0 fully saturated rings. The molecule has 2 N–H and O–H groups in total. The molecule has 1 atom stereocenters. The Morgan fingerprint density at radius 1 is 1.61 bits per heavy atom. The van der Waals surface area contributed by atoms with E-state index in [1.165, 1.54) is 0 Å². The number of anilines is 1. The van der Waals surface area contributed by atoms with Crippen molar-refractivity contribution in [1.29, 1.82) is 0 Å². The Labute approximate surface area is 112 Å². The fourth-order valence-electron chi connectivity index (χ4n) is 2.36. The molecule has 1 aromatic carbocycles. The Hall–Kier alpha value is -1.26. The van der Waals surface area contributed by atoms with Crippen LogP contribution in [0.15, 0.2) is 12.1 Å². The van der Waals surface area contributed by atoms with E-state index in [0.717, 1.165) is 17.7 Å². The lowest BCUT2D eigenvalue weighted by atomic mass is 9.92. The van der Waals surface area contributed by atoms with Gasteiger partial charge in [-0.25, -0.2) is 0 Å². The van der Waals surface area contributed by atoms with Crippen LogP contribution in [-0.4, -0.2) is 26.1 Å². The number of rotatable bonds is 2. The molecule has 0 spiro atoms. The molecule has 18 heavy (non-hydrogen) atoms. The number of fused-ring (bicyclic) bond motifs is 1. The third-order valence-electron chi connectivity index (χ3n) is 3.34. The van der Waals surface area contributed by atoms with Gasteiger partial charge in [0.1, 0.15) is 5.75 Å². The zero-order valence-corrected chi connectivity index (χ0v) is 11.3. The van der Waals surface area contributed by atoms with Crippen LogP contribution in [0.5, 0.6) is 5.75 Å². The van der Waals surface area contributed by atoms with Crippen molar-refractivity contribution in [3.8, 4) is 5.75 Å². The van der Waals surface area contributed by atoms with Crippen molar-refractivity contribution in [1.82, 2.24) is 0 Å². The van der Waals surface area contributed by atoms with E-state index in [9.17, 15) is 4.79 Å². The molecule has 0 aliphatic carbocycles. The monoisotopic (exact) mass is 268 g/mol. The molecule has 1 aliphatic heterocycles. The van der Waals surface area contributed by atoms with Gasteiger partial charge in [0, 0.05) is 19.2 Å². The summed E-state index contributed by atoms with van der Waals surface area (Å²) < 4.78 is 5.21. The van der Waals surface area contributed by atoms with Crippen molar-refractivity contribution in [3.63, 3.8) is 0 Å². The number of nitrogens with two attached hydrogens (primary N) is 1. The lowest BCUT2D eigenvalue weighted by Crippen LogP contribution is -2.41. The molecule has 2 rings (SSSR count). The Morgan fingerprint density at radius 2 is 2.33 bits per heavy atom. The van der Waals surface area contributed by atoms with Crippen molar-refractivity contribution in [3.05, 3.63) is 22.7 Å². The SMILES string of the molecule is COc1ccc2c(c1Cl)CC(CN)CN2C(C)=O. The van der Waals surface area contributed by atoms with Crippen LogP contribution in [0.1, 0.15) is 12.5 Å². The molecule has 1 unspecified atom stereocenters. The first-order valence-electron chi connectivity index (χ1n) is 5.92. The van der Waals surface area contributed by atoms with Crippen LogP contribution in [0.25, 0.3) is 0 Å². The normalized spacial score (nSPS) is 18.4. The highest BCUT2D eigenvalue weighted by molar-refractivity contribution is 6.33. The second kappa shape index (κ2) is 5.16. The van der Waals surface area contributed by atoms with Crippen LogP contribution in [0.4, 0.5) is 5.69 Å². The van der Waals surface area contributed by atoms with Gasteiger partial charge in [-0.15, -0.1) is 0 Å². The minimum atomic E-state index is 0.00985. The molecular formula is C13H17ClN2O2. The van der Waals surface area contributed by atoms with E-state index in [-0.39, 0.29) is 11.8 Å². The molecule has 4 nitrogen and oxygen atoms in total. The van der Waals surface area contributed by atoms with Gasteiger partial charge in [-0.05, 0) is 36.6 Å². The number of benzene rings is 1. The van der Waals surface area contributed by atoms with E-state index in [1.807, 2.05) is 6.07 Å². The molecule has 1 heterocycles. The van der Waals surface area contributed by atoms with Gasteiger partial charge in [0.05, 0.1) is 12.1 Å². The number of methoxy groups -OCH3 is 1. The average molecular weight is 269 g/mol. The van der Waals surface area contributed by atoms with Crippen LogP contribution in [0.3, 0.4) is 0 Å². The highest BCUT2D eigenvalue weighted by Gasteiger charge is 2.28. The predicted octanol–water partition coefficient (Wildman–Crippen LogP) is 1.83. The highest BCUT2D eigenvalue weighted by Crippen LogP contribution is 2.39. The molecule has 1 aromatic rings. The standard InChI is InChI=1S/C13H17ClN2O2/c1-8(17)16-7-9(6-15)5-10-11(16)3-4-12(18-2)13(10)14/h3-4,9H,5-7,15H2,1-2H3. The van der Waals surface area contributed by atoms with Gasteiger partial charge in [0.25, 0.3) is 0 Å². The first-order chi connectivity index (χ1) is 8.58. The first-order valence-corrected chi connectivity index (χ1v) is 6.29. The molecule has 0 saturated heterocycles. The van der Waals surface area contributed by atoms with Crippen molar-refractivity contribution < 1.29 is 9.53 Å². The predicted molar refractivity (Wildman–Crippen MR) is 72.3 cm³/mol. The maximum Gasteiger partial charge on any atom is 0.223 e. The molecule has 0 bridgehead atoms. The molecule has 0 aromatic heterocycles. The highest BCUT2D eigenvalue weighted by atomic mass is 35.5. The van der Waals surface area contributed by atoms with Crippen LogP contribution in [-0.2, 0) is 11.2 Å². The van der Waals surface area contributed by atoms with E-state index >= 15 is 0 Å². The molecule has 5 heteroatoms. The van der Waals surface area contributed by atoms with Gasteiger partial charge in [-0.2, -0.15) is 0 Å². The second-order valence-corrected chi connectivity index (χ2v) is 4.89. The molecule has 1 amide bonds. The third kappa shape index (κ3) is 2.18. The summed E-state index contributed by atoms with van der Waals surface area (Å²) in [6.07, 6.45) is 0.783. The number of halogens is 1. The van der Waals surface area contributed by atoms with Crippen molar-refractivity contribution in [2.45, 2.75) is 13.3 Å². The lowest BCUT2D eigenvalue weighted by Gasteiger charge is -2.34. The van der Waals surface area contributed by atoms with Gasteiger partial charge < -0.3 is 15.4 Å². The summed E-state index contributed by atoms with van der Waals surface area (Å²) in [4.78, 5) is 13.4. The number of hydrogen-bond acceptors (Lipinski definition) is 3. The molecule has 1 aliphatic rings. The van der Waals surface area contributed by atoms with Gasteiger partial charge in [-0.1, -0.05) is 11.6 Å².